The number of aromatic nitrogens is 1. The van der Waals surface area contributed by atoms with Gasteiger partial charge >= 0.3 is 6.18 Å². The molecular formula is C25H26F3N3O3. The average molecular weight is 473 g/mol. The molecule has 0 radical (unpaired) electrons. The molecule has 0 aliphatic carbocycles. The third-order valence-electron chi connectivity index (χ3n) is 4.84. The maximum atomic E-state index is 12.7. The van der Waals surface area contributed by atoms with Crippen LogP contribution in [-0.2, 0) is 12.6 Å². The Morgan fingerprint density at radius 3 is 2.35 bits per heavy atom. The van der Waals surface area contributed by atoms with Crippen LogP contribution in [0.5, 0.6) is 11.5 Å². The van der Waals surface area contributed by atoms with Crippen molar-refractivity contribution >= 4 is 17.4 Å². The fourth-order valence-corrected chi connectivity index (χ4v) is 3.25. The summed E-state index contributed by atoms with van der Waals surface area (Å²) in [7, 11) is 0. The predicted octanol–water partition coefficient (Wildman–Crippen LogP) is 5.80. The van der Waals surface area contributed by atoms with Crippen molar-refractivity contribution in [1.82, 2.24) is 4.98 Å². The number of ether oxygens (including phenoxy) is 2. The molecule has 0 saturated carbocycles. The third-order valence-corrected chi connectivity index (χ3v) is 4.84. The van der Waals surface area contributed by atoms with Crippen LogP contribution in [0.3, 0.4) is 0 Å². The van der Waals surface area contributed by atoms with Gasteiger partial charge in [0, 0.05) is 18.4 Å². The first-order valence-corrected chi connectivity index (χ1v) is 10.9. The summed E-state index contributed by atoms with van der Waals surface area (Å²) in [4.78, 5) is 17.0. The van der Waals surface area contributed by atoms with Gasteiger partial charge in [0.05, 0.1) is 24.3 Å². The summed E-state index contributed by atoms with van der Waals surface area (Å²) in [5.74, 6) is 1.27. The first-order valence-electron chi connectivity index (χ1n) is 10.9. The van der Waals surface area contributed by atoms with E-state index in [0.717, 1.165) is 17.7 Å². The summed E-state index contributed by atoms with van der Waals surface area (Å²) in [6.07, 6.45) is -2.24. The molecule has 2 N–H and O–H groups in total. The van der Waals surface area contributed by atoms with Crippen LogP contribution < -0.4 is 20.1 Å². The highest BCUT2D eigenvalue weighted by Crippen LogP contribution is 2.30. The molecule has 9 heteroatoms. The summed E-state index contributed by atoms with van der Waals surface area (Å²) in [5, 5.41) is 5.76. The van der Waals surface area contributed by atoms with Gasteiger partial charge in [-0.05, 0) is 74.4 Å². The van der Waals surface area contributed by atoms with Crippen LogP contribution in [0.25, 0.3) is 0 Å². The average Bonchev–Trinajstić information content (AvgIpc) is 2.81. The predicted molar refractivity (Wildman–Crippen MR) is 125 cm³/mol. The van der Waals surface area contributed by atoms with Crippen LogP contribution in [0.4, 0.5) is 24.7 Å². The Labute approximate surface area is 196 Å². The molecular weight excluding hydrogens is 447 g/mol. The number of carbonyl (C=O) groups excluding carboxylic acids is 1. The van der Waals surface area contributed by atoms with Gasteiger partial charge in [-0.15, -0.1) is 0 Å². The largest absolute Gasteiger partial charge is 0.490 e. The standard InChI is InChI=1S/C25H26F3N3O3/c1-3-33-21-12-7-17(16-22(21)34-4-2)13-15-30-23-20(6-5-14-29-23)24(32)31-19-10-8-18(9-11-19)25(26,27)28/h5-12,14,16H,3-4,13,15H2,1-2H3,(H,29,30)(H,31,32). The Morgan fingerprint density at radius 2 is 1.68 bits per heavy atom. The zero-order valence-electron chi connectivity index (χ0n) is 18.9. The van der Waals surface area contributed by atoms with E-state index in [9.17, 15) is 18.0 Å². The van der Waals surface area contributed by atoms with Crippen molar-refractivity contribution in [3.63, 3.8) is 0 Å². The Kier molecular flexibility index (Phi) is 8.34. The van der Waals surface area contributed by atoms with Crippen molar-refractivity contribution in [2.75, 3.05) is 30.4 Å². The number of rotatable bonds is 10. The Bertz CT molecular complexity index is 1100. The highest BCUT2D eigenvalue weighted by Gasteiger charge is 2.30. The van der Waals surface area contributed by atoms with Crippen molar-refractivity contribution < 1.29 is 27.4 Å². The zero-order chi connectivity index (χ0) is 24.6. The fraction of sp³-hybridized carbons (Fsp3) is 0.280. The third kappa shape index (κ3) is 6.63. The molecule has 180 valence electrons. The van der Waals surface area contributed by atoms with Gasteiger partial charge < -0.3 is 20.1 Å². The molecule has 2 aromatic carbocycles. The molecule has 34 heavy (non-hydrogen) atoms. The van der Waals surface area contributed by atoms with Gasteiger partial charge in [0.25, 0.3) is 5.91 Å². The summed E-state index contributed by atoms with van der Waals surface area (Å²) >= 11 is 0. The van der Waals surface area contributed by atoms with Crippen molar-refractivity contribution in [2.24, 2.45) is 0 Å². The molecule has 3 rings (SSSR count). The lowest BCUT2D eigenvalue weighted by Crippen LogP contribution is -2.17. The lowest BCUT2D eigenvalue weighted by atomic mass is 10.1. The topological polar surface area (TPSA) is 72.5 Å². The van der Waals surface area contributed by atoms with E-state index in [0.29, 0.717) is 43.5 Å². The van der Waals surface area contributed by atoms with Gasteiger partial charge in [0.1, 0.15) is 5.82 Å². The number of carbonyl (C=O) groups is 1. The van der Waals surface area contributed by atoms with Crippen molar-refractivity contribution in [3.05, 3.63) is 77.5 Å². The van der Waals surface area contributed by atoms with E-state index < -0.39 is 17.6 Å². The highest BCUT2D eigenvalue weighted by molar-refractivity contribution is 6.07. The maximum Gasteiger partial charge on any atom is 0.416 e. The lowest BCUT2D eigenvalue weighted by molar-refractivity contribution is -0.137. The molecule has 3 aromatic rings. The molecule has 0 fully saturated rings. The Morgan fingerprint density at radius 1 is 0.971 bits per heavy atom. The monoisotopic (exact) mass is 473 g/mol. The SMILES string of the molecule is CCOc1ccc(CCNc2ncccc2C(=O)Nc2ccc(C(F)(F)F)cc2)cc1OCC. The summed E-state index contributed by atoms with van der Waals surface area (Å²) in [5.41, 5.74) is 0.775. The minimum absolute atomic E-state index is 0.255. The molecule has 0 bridgehead atoms. The number of alkyl halides is 3. The summed E-state index contributed by atoms with van der Waals surface area (Å²) in [6, 6.07) is 13.2. The van der Waals surface area contributed by atoms with Crippen molar-refractivity contribution in [2.45, 2.75) is 26.4 Å². The number of hydrogen-bond acceptors (Lipinski definition) is 5. The Balaban J connectivity index is 1.64. The Hall–Kier alpha value is -3.75. The van der Waals surface area contributed by atoms with Gasteiger partial charge in [-0.25, -0.2) is 4.98 Å². The second kappa shape index (κ2) is 11.4. The number of nitrogens with zero attached hydrogens (tertiary/aromatic N) is 1. The normalized spacial score (nSPS) is 11.1. The second-order valence-corrected chi connectivity index (χ2v) is 7.25. The quantitative estimate of drug-likeness (QED) is 0.389. The van der Waals surface area contributed by atoms with E-state index in [-0.39, 0.29) is 11.3 Å². The summed E-state index contributed by atoms with van der Waals surface area (Å²) in [6.45, 7) is 5.37. The highest BCUT2D eigenvalue weighted by atomic mass is 19.4. The molecule has 0 aliphatic rings. The molecule has 0 saturated heterocycles. The van der Waals surface area contributed by atoms with Crippen LogP contribution in [-0.4, -0.2) is 30.6 Å². The number of anilines is 2. The lowest BCUT2D eigenvalue weighted by Gasteiger charge is -2.14. The van der Waals surface area contributed by atoms with Gasteiger partial charge in [-0.1, -0.05) is 6.07 Å². The molecule has 0 spiro atoms. The van der Waals surface area contributed by atoms with Gasteiger partial charge in [0.2, 0.25) is 0 Å². The molecule has 0 aliphatic heterocycles. The van der Waals surface area contributed by atoms with Crippen LogP contribution in [0.1, 0.15) is 35.3 Å². The van der Waals surface area contributed by atoms with Crippen molar-refractivity contribution in [1.29, 1.82) is 0 Å². The van der Waals surface area contributed by atoms with Crippen LogP contribution in [0, 0.1) is 0 Å². The molecule has 0 unspecified atom stereocenters. The number of pyridine rings is 1. The van der Waals surface area contributed by atoms with Crippen LogP contribution in [0.2, 0.25) is 0 Å². The molecule has 1 aromatic heterocycles. The van der Waals surface area contributed by atoms with Gasteiger partial charge in [-0.3, -0.25) is 4.79 Å². The number of amides is 1. The van der Waals surface area contributed by atoms with E-state index in [1.165, 1.54) is 12.1 Å². The van der Waals surface area contributed by atoms with E-state index >= 15 is 0 Å². The van der Waals surface area contributed by atoms with Gasteiger partial charge in [0.15, 0.2) is 11.5 Å². The molecule has 1 heterocycles. The van der Waals surface area contributed by atoms with E-state index in [1.807, 2.05) is 32.0 Å². The van der Waals surface area contributed by atoms with E-state index in [1.54, 1.807) is 18.3 Å². The first-order chi connectivity index (χ1) is 16.3. The maximum absolute atomic E-state index is 12.7. The summed E-state index contributed by atoms with van der Waals surface area (Å²) < 4.78 is 49.5. The van der Waals surface area contributed by atoms with Crippen LogP contribution in [0.15, 0.2) is 60.8 Å². The minimum atomic E-state index is -4.43. The second-order valence-electron chi connectivity index (χ2n) is 7.25. The van der Waals surface area contributed by atoms with Gasteiger partial charge in [-0.2, -0.15) is 13.2 Å². The number of halogens is 3. The van der Waals surface area contributed by atoms with Crippen molar-refractivity contribution in [3.8, 4) is 11.5 Å². The number of hydrogen-bond donors (Lipinski definition) is 2. The molecule has 6 nitrogen and oxygen atoms in total. The van der Waals surface area contributed by atoms with Crippen LogP contribution >= 0.6 is 0 Å². The molecule has 1 amide bonds. The smallest absolute Gasteiger partial charge is 0.416 e. The fourth-order valence-electron chi connectivity index (χ4n) is 3.25. The minimum Gasteiger partial charge on any atom is -0.490 e. The molecule has 0 atom stereocenters. The first kappa shape index (κ1) is 24.9. The number of benzene rings is 2. The number of nitrogens with one attached hydrogen (secondary N) is 2. The zero-order valence-corrected chi connectivity index (χ0v) is 18.9. The van der Waals surface area contributed by atoms with E-state index in [2.05, 4.69) is 15.6 Å². The van der Waals surface area contributed by atoms with E-state index in [4.69, 9.17) is 9.47 Å².